The molecule has 0 radical (unpaired) electrons. The molecule has 0 amide bonds. The van der Waals surface area contributed by atoms with E-state index in [1.165, 1.54) is 0 Å². The Labute approximate surface area is 91.8 Å². The first-order valence-electron chi connectivity index (χ1n) is 5.64. The van der Waals surface area contributed by atoms with Crippen molar-refractivity contribution in [1.29, 1.82) is 0 Å². The molecule has 88 valence electrons. The second-order valence-electron chi connectivity index (χ2n) is 5.79. The fourth-order valence-electron chi connectivity index (χ4n) is 1.85. The highest BCUT2D eigenvalue weighted by atomic mass is 16.6. The third-order valence-corrected chi connectivity index (χ3v) is 2.95. The number of hydrogen-bond acceptors (Lipinski definition) is 3. The van der Waals surface area contributed by atoms with E-state index in [0.29, 0.717) is 12.8 Å². The van der Waals surface area contributed by atoms with Crippen molar-refractivity contribution in [3.8, 4) is 0 Å². The Morgan fingerprint density at radius 2 is 1.80 bits per heavy atom. The van der Waals surface area contributed by atoms with Crippen LogP contribution in [0.25, 0.3) is 0 Å². The van der Waals surface area contributed by atoms with Crippen molar-refractivity contribution in [3.63, 3.8) is 0 Å². The van der Waals surface area contributed by atoms with Crippen molar-refractivity contribution in [2.45, 2.75) is 65.1 Å². The van der Waals surface area contributed by atoms with Crippen LogP contribution in [0, 0.1) is 5.41 Å². The van der Waals surface area contributed by atoms with Crippen molar-refractivity contribution in [2.75, 3.05) is 0 Å². The lowest BCUT2D eigenvalue weighted by Gasteiger charge is -2.35. The normalized spacial score (nSPS) is 32.5. The van der Waals surface area contributed by atoms with Crippen molar-refractivity contribution < 1.29 is 14.6 Å². The van der Waals surface area contributed by atoms with Gasteiger partial charge in [-0.15, -0.1) is 0 Å². The summed E-state index contributed by atoms with van der Waals surface area (Å²) in [7, 11) is 0. The number of ether oxygens (including phenoxy) is 1. The van der Waals surface area contributed by atoms with Gasteiger partial charge in [-0.3, -0.25) is 4.79 Å². The average Bonchev–Trinajstić information content (AvgIpc) is 2.07. The summed E-state index contributed by atoms with van der Waals surface area (Å²) in [6, 6.07) is 0. The molecule has 0 aliphatic heterocycles. The maximum atomic E-state index is 11.9. The third kappa shape index (κ3) is 3.49. The highest BCUT2D eigenvalue weighted by Gasteiger charge is 2.39. The average molecular weight is 214 g/mol. The fourth-order valence-corrected chi connectivity index (χ4v) is 1.85. The molecule has 0 heterocycles. The van der Waals surface area contributed by atoms with Gasteiger partial charge in [0.05, 0.1) is 11.5 Å². The lowest BCUT2D eigenvalue weighted by atomic mass is 9.74. The van der Waals surface area contributed by atoms with Crippen LogP contribution >= 0.6 is 0 Å². The van der Waals surface area contributed by atoms with E-state index in [9.17, 15) is 9.90 Å². The van der Waals surface area contributed by atoms with E-state index in [1.807, 2.05) is 27.7 Å². The molecule has 0 bridgehead atoms. The molecule has 1 aliphatic rings. The summed E-state index contributed by atoms with van der Waals surface area (Å²) in [4.78, 5) is 11.9. The lowest BCUT2D eigenvalue weighted by Crippen LogP contribution is -2.39. The Bertz CT molecular complexity index is 232. The topological polar surface area (TPSA) is 46.5 Å². The number of rotatable bonds is 1. The number of aliphatic hydroxyl groups is 1. The molecule has 1 rings (SSSR count). The molecule has 1 fully saturated rings. The minimum atomic E-state index is -0.420. The first-order chi connectivity index (χ1) is 6.73. The van der Waals surface area contributed by atoms with Crippen LogP contribution in [0.5, 0.6) is 0 Å². The minimum Gasteiger partial charge on any atom is -0.460 e. The van der Waals surface area contributed by atoms with Gasteiger partial charge < -0.3 is 9.84 Å². The summed E-state index contributed by atoms with van der Waals surface area (Å²) < 4.78 is 5.39. The van der Waals surface area contributed by atoms with Crippen LogP contribution < -0.4 is 0 Å². The third-order valence-electron chi connectivity index (χ3n) is 2.95. The molecule has 1 N–H and O–H groups in total. The molecule has 0 atom stereocenters. The largest absolute Gasteiger partial charge is 0.460 e. The van der Waals surface area contributed by atoms with Gasteiger partial charge in [-0.25, -0.2) is 0 Å². The molecule has 0 saturated heterocycles. The predicted molar refractivity (Wildman–Crippen MR) is 58.4 cm³/mol. The Morgan fingerprint density at radius 1 is 1.33 bits per heavy atom. The highest BCUT2D eigenvalue weighted by Crippen LogP contribution is 2.37. The SMILES string of the molecule is CC(C)(C)OC(=O)[C@]1(C)CC[C@H](O)CC1. The van der Waals surface area contributed by atoms with E-state index in [2.05, 4.69) is 0 Å². The van der Waals surface area contributed by atoms with Crippen molar-refractivity contribution in [3.05, 3.63) is 0 Å². The van der Waals surface area contributed by atoms with E-state index in [0.717, 1.165) is 12.8 Å². The summed E-state index contributed by atoms with van der Waals surface area (Å²) >= 11 is 0. The van der Waals surface area contributed by atoms with Gasteiger partial charge in [0.2, 0.25) is 0 Å². The van der Waals surface area contributed by atoms with E-state index in [-0.39, 0.29) is 12.1 Å². The molecule has 3 nitrogen and oxygen atoms in total. The summed E-state index contributed by atoms with van der Waals surface area (Å²) in [5, 5.41) is 9.40. The second kappa shape index (κ2) is 4.12. The van der Waals surface area contributed by atoms with Crippen LogP contribution in [0.3, 0.4) is 0 Å². The maximum absolute atomic E-state index is 11.9. The zero-order valence-corrected chi connectivity index (χ0v) is 10.2. The summed E-state index contributed by atoms with van der Waals surface area (Å²) in [5.41, 5.74) is -0.817. The molecule has 0 unspecified atom stereocenters. The van der Waals surface area contributed by atoms with Crippen LogP contribution in [0.1, 0.15) is 53.4 Å². The van der Waals surface area contributed by atoms with Gasteiger partial charge in [-0.1, -0.05) is 0 Å². The van der Waals surface area contributed by atoms with Crippen LogP contribution in [0.4, 0.5) is 0 Å². The maximum Gasteiger partial charge on any atom is 0.312 e. The number of aliphatic hydroxyl groups excluding tert-OH is 1. The van der Waals surface area contributed by atoms with Gasteiger partial charge in [-0.2, -0.15) is 0 Å². The monoisotopic (exact) mass is 214 g/mol. The quantitative estimate of drug-likeness (QED) is 0.681. The first kappa shape index (κ1) is 12.5. The van der Waals surface area contributed by atoms with E-state index in [4.69, 9.17) is 4.74 Å². The number of hydrogen-bond donors (Lipinski definition) is 1. The van der Waals surface area contributed by atoms with Gasteiger partial charge in [-0.05, 0) is 53.4 Å². The van der Waals surface area contributed by atoms with Crippen LogP contribution in [0.15, 0.2) is 0 Å². The minimum absolute atomic E-state index is 0.123. The van der Waals surface area contributed by atoms with Gasteiger partial charge in [0.25, 0.3) is 0 Å². The number of carbonyl (C=O) groups is 1. The van der Waals surface area contributed by atoms with Crippen LogP contribution in [-0.4, -0.2) is 22.8 Å². The summed E-state index contributed by atoms with van der Waals surface area (Å²) in [5.74, 6) is -0.123. The van der Waals surface area contributed by atoms with E-state index >= 15 is 0 Å². The Balaban J connectivity index is 2.58. The van der Waals surface area contributed by atoms with Crippen molar-refractivity contribution >= 4 is 5.97 Å². The molecule has 0 spiro atoms. The van der Waals surface area contributed by atoms with Crippen LogP contribution in [0.2, 0.25) is 0 Å². The lowest BCUT2D eigenvalue weighted by molar-refractivity contribution is -0.169. The Kier molecular flexibility index (Phi) is 3.44. The Morgan fingerprint density at radius 3 is 2.20 bits per heavy atom. The smallest absolute Gasteiger partial charge is 0.312 e. The molecule has 0 aromatic heterocycles. The van der Waals surface area contributed by atoms with Crippen LogP contribution in [-0.2, 0) is 9.53 Å². The molecular weight excluding hydrogens is 192 g/mol. The van der Waals surface area contributed by atoms with Gasteiger partial charge >= 0.3 is 5.97 Å². The molecule has 1 aliphatic carbocycles. The molecule has 0 aromatic carbocycles. The second-order valence-corrected chi connectivity index (χ2v) is 5.79. The molecular formula is C12H22O3. The van der Waals surface area contributed by atoms with Gasteiger partial charge in [0.1, 0.15) is 5.60 Å². The molecule has 3 heteroatoms. The van der Waals surface area contributed by atoms with Crippen molar-refractivity contribution in [1.82, 2.24) is 0 Å². The zero-order valence-electron chi connectivity index (χ0n) is 10.2. The number of carbonyl (C=O) groups excluding carboxylic acids is 1. The summed E-state index contributed by atoms with van der Waals surface area (Å²) in [6.07, 6.45) is 2.62. The molecule has 0 aromatic rings. The first-order valence-corrected chi connectivity index (χ1v) is 5.64. The highest BCUT2D eigenvalue weighted by molar-refractivity contribution is 5.76. The molecule has 15 heavy (non-hydrogen) atoms. The summed E-state index contributed by atoms with van der Waals surface area (Å²) in [6.45, 7) is 7.58. The van der Waals surface area contributed by atoms with Gasteiger partial charge in [0, 0.05) is 0 Å². The predicted octanol–water partition coefficient (Wildman–Crippen LogP) is 2.27. The zero-order chi connectivity index (χ0) is 11.7. The Hall–Kier alpha value is -0.570. The molecule has 1 saturated carbocycles. The van der Waals surface area contributed by atoms with Gasteiger partial charge in [0.15, 0.2) is 0 Å². The van der Waals surface area contributed by atoms with E-state index < -0.39 is 11.0 Å². The number of esters is 1. The fraction of sp³-hybridized carbons (Fsp3) is 0.917. The van der Waals surface area contributed by atoms with Crippen molar-refractivity contribution in [2.24, 2.45) is 5.41 Å². The van der Waals surface area contributed by atoms with E-state index in [1.54, 1.807) is 0 Å². The standard InChI is InChI=1S/C12H22O3/c1-11(2,3)15-10(14)12(4)7-5-9(13)6-8-12/h9,13H,5-8H2,1-4H3/t9-,12+.